The maximum atomic E-state index is 13.2. The van der Waals surface area contributed by atoms with Crippen molar-refractivity contribution >= 4 is 32.4 Å². The van der Waals surface area contributed by atoms with Crippen molar-refractivity contribution in [1.29, 1.82) is 0 Å². The number of fused-ring (bicyclic) bond motifs is 1. The Bertz CT molecular complexity index is 1270. The molecule has 2 heterocycles. The topological polar surface area (TPSA) is 97.8 Å². The molecule has 0 saturated heterocycles. The van der Waals surface area contributed by atoms with Gasteiger partial charge in [-0.3, -0.25) is 4.79 Å². The van der Waals surface area contributed by atoms with Gasteiger partial charge in [-0.05, 0) is 42.7 Å². The van der Waals surface area contributed by atoms with E-state index in [0.29, 0.717) is 28.7 Å². The Hall–Kier alpha value is -2.95. The average molecular weight is 488 g/mol. The first-order chi connectivity index (χ1) is 15.9. The van der Waals surface area contributed by atoms with E-state index in [-0.39, 0.29) is 12.3 Å². The fourth-order valence-electron chi connectivity index (χ4n) is 3.83. The summed E-state index contributed by atoms with van der Waals surface area (Å²) in [4.78, 5) is 17.7. The lowest BCUT2D eigenvalue weighted by Gasteiger charge is -2.34. The number of hydrogen-bond donors (Lipinski definition) is 1. The summed E-state index contributed by atoms with van der Waals surface area (Å²) in [5, 5.41) is 5.04. The summed E-state index contributed by atoms with van der Waals surface area (Å²) in [6.45, 7) is 1.76. The van der Waals surface area contributed by atoms with E-state index in [4.69, 9.17) is 9.47 Å². The molecule has 1 atom stereocenters. The van der Waals surface area contributed by atoms with E-state index < -0.39 is 22.0 Å². The molecule has 8 nitrogen and oxygen atoms in total. The van der Waals surface area contributed by atoms with Gasteiger partial charge in [-0.25, -0.2) is 13.4 Å². The van der Waals surface area contributed by atoms with E-state index in [1.165, 1.54) is 15.6 Å². The Labute approximate surface area is 197 Å². The number of thiazole rings is 1. The quantitative estimate of drug-likeness (QED) is 0.547. The van der Waals surface area contributed by atoms with Crippen molar-refractivity contribution in [3.63, 3.8) is 0 Å². The van der Waals surface area contributed by atoms with Crippen molar-refractivity contribution < 1.29 is 22.7 Å². The summed E-state index contributed by atoms with van der Waals surface area (Å²) in [5.74, 6) is 0.726. The second-order valence-electron chi connectivity index (χ2n) is 7.53. The zero-order valence-electron chi connectivity index (χ0n) is 18.6. The monoisotopic (exact) mass is 487 g/mol. The number of amides is 1. The molecule has 4 rings (SSSR count). The van der Waals surface area contributed by atoms with Gasteiger partial charge in [0.2, 0.25) is 15.9 Å². The van der Waals surface area contributed by atoms with Crippen molar-refractivity contribution in [3.05, 3.63) is 59.0 Å². The maximum Gasteiger partial charge on any atom is 0.244 e. The molecule has 1 aliphatic rings. The molecule has 174 valence electrons. The molecular weight excluding hydrogens is 462 g/mol. The van der Waals surface area contributed by atoms with Crippen LogP contribution in [0.25, 0.3) is 11.3 Å². The van der Waals surface area contributed by atoms with E-state index in [1.807, 2.05) is 41.8 Å². The summed E-state index contributed by atoms with van der Waals surface area (Å²) in [6.07, 6.45) is 0.315. The van der Waals surface area contributed by atoms with E-state index >= 15 is 0 Å². The molecule has 1 unspecified atom stereocenters. The minimum atomic E-state index is -3.57. The van der Waals surface area contributed by atoms with E-state index in [1.54, 1.807) is 27.2 Å². The van der Waals surface area contributed by atoms with Gasteiger partial charge < -0.3 is 14.8 Å². The van der Waals surface area contributed by atoms with Crippen molar-refractivity contribution in [2.75, 3.05) is 25.3 Å². The first-order valence-corrected chi connectivity index (χ1v) is 12.9. The van der Waals surface area contributed by atoms with Crippen LogP contribution < -0.4 is 14.8 Å². The smallest absolute Gasteiger partial charge is 0.244 e. The van der Waals surface area contributed by atoms with Crippen molar-refractivity contribution in [2.24, 2.45) is 0 Å². The van der Waals surface area contributed by atoms with E-state index in [9.17, 15) is 13.2 Å². The zero-order chi connectivity index (χ0) is 23.6. The molecule has 10 heteroatoms. The Morgan fingerprint density at radius 3 is 2.58 bits per heavy atom. The summed E-state index contributed by atoms with van der Waals surface area (Å²) in [7, 11) is -0.441. The Balaban J connectivity index is 1.57. The number of carbonyl (C=O) groups is 1. The lowest BCUT2D eigenvalue weighted by atomic mass is 9.95. The minimum Gasteiger partial charge on any atom is -0.493 e. The van der Waals surface area contributed by atoms with Crippen LogP contribution in [0.15, 0.2) is 47.8 Å². The lowest BCUT2D eigenvalue weighted by molar-refractivity contribution is -0.120. The number of methoxy groups -OCH3 is 2. The largest absolute Gasteiger partial charge is 0.493 e. The molecule has 0 radical (unpaired) electrons. The number of sulfonamides is 1. The van der Waals surface area contributed by atoms with Gasteiger partial charge >= 0.3 is 0 Å². The highest BCUT2D eigenvalue weighted by molar-refractivity contribution is 7.89. The van der Waals surface area contributed by atoms with Crippen LogP contribution in [0.5, 0.6) is 11.5 Å². The molecule has 0 fully saturated rings. The van der Waals surface area contributed by atoms with Crippen LogP contribution in [0.3, 0.4) is 0 Å². The normalized spacial score (nSPS) is 16.2. The number of nitrogens with one attached hydrogen (secondary N) is 1. The fourth-order valence-corrected chi connectivity index (χ4v) is 5.78. The highest BCUT2D eigenvalue weighted by atomic mass is 32.2. The molecule has 2 aromatic carbocycles. The predicted octanol–water partition coefficient (Wildman–Crippen LogP) is 3.54. The number of ether oxygens (including phenoxy) is 2. The SMILES string of the molecule is CCS(=O)(=O)N1Cc2ccccc2CC1C(=O)Nc1nc(-c2ccc(OC)c(OC)c2)cs1. The molecule has 1 aromatic heterocycles. The van der Waals surface area contributed by atoms with Crippen molar-refractivity contribution in [2.45, 2.75) is 25.9 Å². The van der Waals surface area contributed by atoms with E-state index in [2.05, 4.69) is 10.3 Å². The number of benzene rings is 2. The summed E-state index contributed by atoms with van der Waals surface area (Å²) < 4.78 is 37.4. The Kier molecular flexibility index (Phi) is 6.68. The zero-order valence-corrected chi connectivity index (χ0v) is 20.2. The molecular formula is C23H25N3O5S2. The van der Waals surface area contributed by atoms with Gasteiger partial charge in [0.05, 0.1) is 25.7 Å². The number of aromatic nitrogens is 1. The van der Waals surface area contributed by atoms with Crippen LogP contribution >= 0.6 is 11.3 Å². The van der Waals surface area contributed by atoms with Gasteiger partial charge in [0.15, 0.2) is 16.6 Å². The second-order valence-corrected chi connectivity index (χ2v) is 10.6. The number of anilines is 1. The summed E-state index contributed by atoms with van der Waals surface area (Å²) in [6, 6.07) is 12.2. The molecule has 0 bridgehead atoms. The third-order valence-electron chi connectivity index (χ3n) is 5.64. The molecule has 0 aliphatic carbocycles. The van der Waals surface area contributed by atoms with E-state index in [0.717, 1.165) is 16.7 Å². The van der Waals surface area contributed by atoms with Crippen LogP contribution in [-0.2, 0) is 27.8 Å². The third kappa shape index (κ3) is 4.73. The van der Waals surface area contributed by atoms with Crippen LogP contribution in [0.2, 0.25) is 0 Å². The number of carbonyl (C=O) groups excluding carboxylic acids is 1. The van der Waals surface area contributed by atoms with Crippen LogP contribution in [0.1, 0.15) is 18.1 Å². The van der Waals surface area contributed by atoms with Crippen LogP contribution in [0.4, 0.5) is 5.13 Å². The minimum absolute atomic E-state index is 0.0698. The first-order valence-electron chi connectivity index (χ1n) is 10.4. The standard InChI is InChI=1S/C23H25N3O5S2/c1-4-33(28,29)26-13-17-8-6-5-7-15(17)11-19(26)22(27)25-23-24-18(14-32-23)16-9-10-20(30-2)21(12-16)31-3/h5-10,12,14,19H,4,11,13H2,1-3H3,(H,24,25,27). The summed E-state index contributed by atoms with van der Waals surface area (Å²) in [5.41, 5.74) is 3.38. The number of rotatable bonds is 7. The molecule has 0 saturated carbocycles. The van der Waals surface area contributed by atoms with Gasteiger partial charge in [-0.15, -0.1) is 11.3 Å². The summed E-state index contributed by atoms with van der Waals surface area (Å²) >= 11 is 1.28. The Morgan fingerprint density at radius 1 is 1.15 bits per heavy atom. The highest BCUT2D eigenvalue weighted by Gasteiger charge is 2.38. The van der Waals surface area contributed by atoms with Gasteiger partial charge in [0.1, 0.15) is 6.04 Å². The Morgan fingerprint density at radius 2 is 1.88 bits per heavy atom. The van der Waals surface area contributed by atoms with Gasteiger partial charge in [-0.2, -0.15) is 4.31 Å². The van der Waals surface area contributed by atoms with Crippen molar-refractivity contribution in [1.82, 2.24) is 9.29 Å². The van der Waals surface area contributed by atoms with Gasteiger partial charge in [-0.1, -0.05) is 24.3 Å². The maximum absolute atomic E-state index is 13.2. The second kappa shape index (κ2) is 9.50. The highest BCUT2D eigenvalue weighted by Crippen LogP contribution is 2.34. The number of hydrogen-bond acceptors (Lipinski definition) is 7. The van der Waals surface area contributed by atoms with Crippen molar-refractivity contribution in [3.8, 4) is 22.8 Å². The molecule has 33 heavy (non-hydrogen) atoms. The lowest BCUT2D eigenvalue weighted by Crippen LogP contribution is -2.51. The predicted molar refractivity (Wildman–Crippen MR) is 128 cm³/mol. The average Bonchev–Trinajstić information content (AvgIpc) is 3.31. The molecule has 0 spiro atoms. The molecule has 1 aliphatic heterocycles. The van der Waals surface area contributed by atoms with Gasteiger partial charge in [0.25, 0.3) is 0 Å². The van der Waals surface area contributed by atoms with Crippen LogP contribution in [0, 0.1) is 0 Å². The van der Waals surface area contributed by atoms with Crippen LogP contribution in [-0.4, -0.2) is 49.6 Å². The molecule has 1 amide bonds. The number of nitrogens with zero attached hydrogens (tertiary/aromatic N) is 2. The first kappa shape index (κ1) is 23.2. The van der Waals surface area contributed by atoms with Gasteiger partial charge in [0, 0.05) is 17.5 Å². The third-order valence-corrected chi connectivity index (χ3v) is 8.23. The fraction of sp³-hybridized carbons (Fsp3) is 0.304. The molecule has 1 N–H and O–H groups in total. The molecule has 3 aromatic rings.